The largest absolute Gasteiger partial charge is 0.351 e. The zero-order valence-electron chi connectivity index (χ0n) is 15.9. The maximum atomic E-state index is 12.8. The van der Waals surface area contributed by atoms with Crippen molar-refractivity contribution in [1.29, 1.82) is 0 Å². The number of halogens is 1. The van der Waals surface area contributed by atoms with Crippen molar-refractivity contribution in [3.63, 3.8) is 0 Å². The lowest BCUT2D eigenvalue weighted by Gasteiger charge is -2.32. The number of nitrogens with zero attached hydrogens (tertiary/aromatic N) is 4. The van der Waals surface area contributed by atoms with Crippen molar-refractivity contribution >= 4 is 28.7 Å². The quantitative estimate of drug-likeness (QED) is 0.717. The van der Waals surface area contributed by atoms with Gasteiger partial charge in [-0.3, -0.25) is 9.36 Å². The van der Waals surface area contributed by atoms with Crippen LogP contribution >= 0.6 is 11.6 Å². The van der Waals surface area contributed by atoms with E-state index in [-0.39, 0.29) is 18.5 Å². The van der Waals surface area contributed by atoms with Crippen molar-refractivity contribution in [3.8, 4) is 11.4 Å². The molecule has 0 radical (unpaired) electrons. The third kappa shape index (κ3) is 4.03. The number of nitrogens with one attached hydrogen (secondary N) is 1. The highest BCUT2D eigenvalue weighted by Crippen LogP contribution is 2.25. The van der Waals surface area contributed by atoms with Gasteiger partial charge < -0.3 is 10.2 Å². The second-order valence-corrected chi connectivity index (χ2v) is 7.61. The van der Waals surface area contributed by atoms with Crippen molar-refractivity contribution < 1.29 is 4.79 Å². The molecule has 0 bridgehead atoms. The number of carbonyl (C=O) groups is 1. The Morgan fingerprint density at radius 3 is 2.89 bits per heavy atom. The number of pyridine rings is 1. The highest BCUT2D eigenvalue weighted by molar-refractivity contribution is 6.30. The summed E-state index contributed by atoms with van der Waals surface area (Å²) in [5, 5.41) is 3.86. The lowest BCUT2D eigenvalue weighted by atomic mass is 10.1. The van der Waals surface area contributed by atoms with Crippen LogP contribution < -0.4 is 5.32 Å². The first kappa shape index (κ1) is 18.9. The third-order valence-electron chi connectivity index (χ3n) is 5.23. The Labute approximate surface area is 169 Å². The van der Waals surface area contributed by atoms with Crippen LogP contribution in [0.25, 0.3) is 22.6 Å². The van der Waals surface area contributed by atoms with Crippen LogP contribution in [0.4, 0.5) is 0 Å². The molecular formula is C21H24ClN5O. The number of hydrogen-bond donors (Lipinski definition) is 1. The minimum atomic E-state index is -0.0110. The number of aromatic nitrogens is 3. The van der Waals surface area contributed by atoms with Crippen molar-refractivity contribution in [2.75, 3.05) is 19.6 Å². The van der Waals surface area contributed by atoms with E-state index in [0.717, 1.165) is 49.4 Å². The van der Waals surface area contributed by atoms with Gasteiger partial charge >= 0.3 is 0 Å². The minimum Gasteiger partial charge on any atom is -0.351 e. The summed E-state index contributed by atoms with van der Waals surface area (Å²) >= 11 is 6.03. The predicted molar refractivity (Wildman–Crippen MR) is 111 cm³/mol. The van der Waals surface area contributed by atoms with Gasteiger partial charge in [0.25, 0.3) is 0 Å². The SMILES string of the molecule is CCN1CCCC(NC(=O)Cn2c(-c3ccc(Cl)cc3)nc3cccnc32)C1. The summed E-state index contributed by atoms with van der Waals surface area (Å²) in [6.07, 6.45) is 3.86. The molecule has 1 atom stereocenters. The molecule has 146 valence electrons. The van der Waals surface area contributed by atoms with Gasteiger partial charge in [-0.25, -0.2) is 9.97 Å². The highest BCUT2D eigenvalue weighted by Gasteiger charge is 2.22. The predicted octanol–water partition coefficient (Wildman–Crippen LogP) is 3.35. The Morgan fingerprint density at radius 1 is 1.29 bits per heavy atom. The topological polar surface area (TPSA) is 63.1 Å². The van der Waals surface area contributed by atoms with Gasteiger partial charge in [0.15, 0.2) is 5.65 Å². The lowest BCUT2D eigenvalue weighted by Crippen LogP contribution is -2.48. The van der Waals surface area contributed by atoms with Crippen molar-refractivity contribution in [2.45, 2.75) is 32.4 Å². The molecule has 0 saturated carbocycles. The molecule has 7 heteroatoms. The summed E-state index contributed by atoms with van der Waals surface area (Å²) in [5.41, 5.74) is 2.39. The number of fused-ring (bicyclic) bond motifs is 1. The zero-order valence-corrected chi connectivity index (χ0v) is 16.7. The van der Waals surface area contributed by atoms with E-state index in [0.29, 0.717) is 10.7 Å². The van der Waals surface area contributed by atoms with E-state index in [9.17, 15) is 4.79 Å². The number of rotatable bonds is 5. The summed E-state index contributed by atoms with van der Waals surface area (Å²) in [6, 6.07) is 11.5. The number of imidazole rings is 1. The second-order valence-electron chi connectivity index (χ2n) is 7.17. The van der Waals surface area contributed by atoms with Gasteiger partial charge in [0.2, 0.25) is 5.91 Å². The molecule has 28 heavy (non-hydrogen) atoms. The molecule has 0 aliphatic carbocycles. The number of hydrogen-bond acceptors (Lipinski definition) is 4. The molecule has 1 N–H and O–H groups in total. The van der Waals surface area contributed by atoms with Gasteiger partial charge in [-0.2, -0.15) is 0 Å². The average molecular weight is 398 g/mol. The normalized spacial score (nSPS) is 17.7. The van der Waals surface area contributed by atoms with E-state index in [1.54, 1.807) is 6.20 Å². The van der Waals surface area contributed by atoms with Crippen LogP contribution in [-0.2, 0) is 11.3 Å². The molecule has 2 aromatic heterocycles. The Balaban J connectivity index is 1.59. The second kappa shape index (κ2) is 8.29. The number of carbonyl (C=O) groups excluding carboxylic acids is 1. The van der Waals surface area contributed by atoms with Gasteiger partial charge in [0, 0.05) is 29.4 Å². The van der Waals surface area contributed by atoms with Crippen LogP contribution in [0, 0.1) is 0 Å². The lowest BCUT2D eigenvalue weighted by molar-refractivity contribution is -0.122. The molecule has 3 aromatic rings. The van der Waals surface area contributed by atoms with Gasteiger partial charge in [0.05, 0.1) is 0 Å². The molecule has 1 fully saturated rings. The summed E-state index contributed by atoms with van der Waals surface area (Å²) in [7, 11) is 0. The third-order valence-corrected chi connectivity index (χ3v) is 5.48. The molecule has 6 nitrogen and oxygen atoms in total. The van der Waals surface area contributed by atoms with Crippen molar-refractivity contribution in [2.24, 2.45) is 0 Å². The summed E-state index contributed by atoms with van der Waals surface area (Å²) < 4.78 is 1.88. The van der Waals surface area contributed by atoms with Crippen LogP contribution in [0.3, 0.4) is 0 Å². The first-order chi connectivity index (χ1) is 13.6. The monoisotopic (exact) mass is 397 g/mol. The van der Waals surface area contributed by atoms with Gasteiger partial charge in [-0.1, -0.05) is 18.5 Å². The molecule has 1 aliphatic rings. The fourth-order valence-corrected chi connectivity index (χ4v) is 3.93. The Morgan fingerprint density at radius 2 is 2.11 bits per heavy atom. The molecule has 1 aliphatic heterocycles. The summed E-state index contributed by atoms with van der Waals surface area (Å²) in [4.78, 5) is 24.4. The van der Waals surface area contributed by atoms with Gasteiger partial charge in [0.1, 0.15) is 17.9 Å². The van der Waals surface area contributed by atoms with E-state index in [2.05, 4.69) is 22.1 Å². The van der Waals surface area contributed by atoms with Crippen LogP contribution in [0.1, 0.15) is 19.8 Å². The van der Waals surface area contributed by atoms with Crippen molar-refractivity contribution in [1.82, 2.24) is 24.8 Å². The van der Waals surface area contributed by atoms with Gasteiger partial charge in [-0.05, 0) is 62.3 Å². The smallest absolute Gasteiger partial charge is 0.240 e. The fraction of sp³-hybridized carbons (Fsp3) is 0.381. The number of likely N-dealkylation sites (tertiary alicyclic amines) is 1. The Hall–Kier alpha value is -2.44. The Bertz CT molecular complexity index is 969. The maximum absolute atomic E-state index is 12.8. The molecule has 1 amide bonds. The Kier molecular flexibility index (Phi) is 5.59. The molecular weight excluding hydrogens is 374 g/mol. The zero-order chi connectivity index (χ0) is 19.5. The first-order valence-corrected chi connectivity index (χ1v) is 10.1. The van der Waals surface area contributed by atoms with E-state index in [1.165, 1.54) is 0 Å². The molecule has 0 spiro atoms. The summed E-state index contributed by atoms with van der Waals surface area (Å²) in [6.45, 7) is 5.39. The number of benzene rings is 1. The maximum Gasteiger partial charge on any atom is 0.240 e. The number of amides is 1. The van der Waals surface area contributed by atoms with Crippen LogP contribution in [0.5, 0.6) is 0 Å². The van der Waals surface area contributed by atoms with Crippen LogP contribution in [0.15, 0.2) is 42.6 Å². The molecule has 4 rings (SSSR count). The molecule has 1 unspecified atom stereocenters. The van der Waals surface area contributed by atoms with Crippen LogP contribution in [-0.4, -0.2) is 51.0 Å². The van der Waals surface area contributed by atoms with E-state index < -0.39 is 0 Å². The van der Waals surface area contributed by atoms with E-state index in [4.69, 9.17) is 16.6 Å². The van der Waals surface area contributed by atoms with Crippen molar-refractivity contribution in [3.05, 3.63) is 47.6 Å². The molecule has 1 saturated heterocycles. The number of piperidine rings is 1. The number of likely N-dealkylation sites (N-methyl/N-ethyl adjacent to an activating group) is 1. The standard InChI is InChI=1S/C21H24ClN5O/c1-2-26-12-4-5-17(13-26)24-19(28)14-27-20(15-7-9-16(22)10-8-15)25-18-6-3-11-23-21(18)27/h3,6-11,17H,2,4-5,12-14H2,1H3,(H,24,28). The average Bonchev–Trinajstić information content (AvgIpc) is 3.07. The minimum absolute atomic E-state index is 0.0110. The van der Waals surface area contributed by atoms with Crippen LogP contribution in [0.2, 0.25) is 5.02 Å². The van der Waals surface area contributed by atoms with E-state index in [1.807, 2.05) is 41.0 Å². The van der Waals surface area contributed by atoms with Gasteiger partial charge in [-0.15, -0.1) is 0 Å². The van der Waals surface area contributed by atoms with E-state index >= 15 is 0 Å². The molecule has 1 aromatic carbocycles. The molecule has 3 heterocycles. The highest BCUT2D eigenvalue weighted by atomic mass is 35.5. The fourth-order valence-electron chi connectivity index (χ4n) is 3.81. The summed E-state index contributed by atoms with van der Waals surface area (Å²) in [5.74, 6) is 0.711. The first-order valence-electron chi connectivity index (χ1n) is 9.73.